The summed E-state index contributed by atoms with van der Waals surface area (Å²) in [7, 11) is 0. The lowest BCUT2D eigenvalue weighted by atomic mass is 10.2. The molecule has 0 aromatic heterocycles. The minimum absolute atomic E-state index is 0.498. The van der Waals surface area contributed by atoms with Crippen LogP contribution < -0.4 is 10.9 Å². The molecule has 0 spiro atoms. The summed E-state index contributed by atoms with van der Waals surface area (Å²) in [6.07, 6.45) is 0.765. The number of nitrogens with one attached hydrogen (secondary N) is 2. The second-order valence-corrected chi connectivity index (χ2v) is 3.85. The topological polar surface area (TPSA) is 41.1 Å². The third-order valence-corrected chi connectivity index (χ3v) is 2.59. The van der Waals surface area contributed by atoms with Crippen LogP contribution in [0.25, 0.3) is 0 Å². The third-order valence-electron chi connectivity index (χ3n) is 2.28. The molecule has 0 aliphatic rings. The fraction of sp³-hybridized carbons (Fsp3) is 0. The van der Waals surface area contributed by atoms with Gasteiger partial charge in [0.2, 0.25) is 0 Å². The Balaban J connectivity index is 2.16. The van der Waals surface area contributed by atoms with E-state index in [2.05, 4.69) is 10.9 Å². The van der Waals surface area contributed by atoms with E-state index in [0.717, 1.165) is 12.0 Å². The van der Waals surface area contributed by atoms with Crippen LogP contribution in [0, 0.1) is 0 Å². The van der Waals surface area contributed by atoms with E-state index < -0.39 is 0 Å². The van der Waals surface area contributed by atoms with Crippen molar-refractivity contribution in [1.29, 1.82) is 0 Å². The van der Waals surface area contributed by atoms with Gasteiger partial charge in [-0.3, -0.25) is 10.2 Å². The van der Waals surface area contributed by atoms with Gasteiger partial charge in [0.05, 0.1) is 16.4 Å². The lowest BCUT2D eigenvalue weighted by molar-refractivity contribution is 0.112. The van der Waals surface area contributed by atoms with Gasteiger partial charge < -0.3 is 5.43 Å². The van der Waals surface area contributed by atoms with Crippen molar-refractivity contribution < 1.29 is 4.79 Å². The predicted molar refractivity (Wildman–Crippen MR) is 70.5 cm³/mol. The van der Waals surface area contributed by atoms with Crippen molar-refractivity contribution in [3.63, 3.8) is 0 Å². The molecule has 0 radical (unpaired) electrons. The highest BCUT2D eigenvalue weighted by Crippen LogP contribution is 2.24. The van der Waals surface area contributed by atoms with Crippen molar-refractivity contribution in [2.45, 2.75) is 0 Å². The first kappa shape index (κ1) is 11.5. The molecule has 3 nitrogen and oxygen atoms in total. The molecule has 4 heteroatoms. The van der Waals surface area contributed by atoms with Crippen LogP contribution in [0.2, 0.25) is 5.02 Å². The summed E-state index contributed by atoms with van der Waals surface area (Å²) in [4.78, 5) is 10.9. The van der Waals surface area contributed by atoms with Crippen molar-refractivity contribution >= 4 is 29.3 Å². The quantitative estimate of drug-likeness (QED) is 0.640. The van der Waals surface area contributed by atoms with Crippen molar-refractivity contribution in [2.75, 3.05) is 10.9 Å². The van der Waals surface area contributed by atoms with E-state index in [1.54, 1.807) is 18.2 Å². The van der Waals surface area contributed by atoms with E-state index in [-0.39, 0.29) is 0 Å². The summed E-state index contributed by atoms with van der Waals surface area (Å²) >= 11 is 6.01. The Labute approximate surface area is 104 Å². The first-order valence-corrected chi connectivity index (χ1v) is 5.50. The smallest absolute Gasteiger partial charge is 0.152 e. The summed E-state index contributed by atoms with van der Waals surface area (Å²) in [5, 5.41) is 0.498. The average Bonchev–Trinajstić information content (AvgIpc) is 2.38. The van der Waals surface area contributed by atoms with Gasteiger partial charge >= 0.3 is 0 Å². The first-order valence-electron chi connectivity index (χ1n) is 5.12. The number of para-hydroxylation sites is 2. The number of halogens is 1. The molecule has 2 aromatic carbocycles. The summed E-state index contributed by atoms with van der Waals surface area (Å²) < 4.78 is 0. The van der Waals surface area contributed by atoms with Crippen LogP contribution in [0.15, 0.2) is 48.5 Å². The average molecular weight is 247 g/mol. The first-order chi connectivity index (χ1) is 8.31. The van der Waals surface area contributed by atoms with Gasteiger partial charge in [-0.15, -0.1) is 0 Å². The Morgan fingerprint density at radius 3 is 2.41 bits per heavy atom. The van der Waals surface area contributed by atoms with E-state index in [0.29, 0.717) is 16.3 Å². The molecular formula is C13H11ClN2O. The highest BCUT2D eigenvalue weighted by Gasteiger charge is 2.05. The Morgan fingerprint density at radius 1 is 0.941 bits per heavy atom. The molecule has 0 bridgehead atoms. The molecule has 0 saturated carbocycles. The largest absolute Gasteiger partial charge is 0.301 e. The zero-order valence-electron chi connectivity index (χ0n) is 8.98. The maximum atomic E-state index is 10.9. The SMILES string of the molecule is O=Cc1cccc(Cl)c1NNc1ccccc1. The van der Waals surface area contributed by atoms with Crippen LogP contribution >= 0.6 is 11.6 Å². The maximum absolute atomic E-state index is 10.9. The lowest BCUT2D eigenvalue weighted by Crippen LogP contribution is -2.10. The van der Waals surface area contributed by atoms with Gasteiger partial charge in [0, 0.05) is 5.56 Å². The van der Waals surface area contributed by atoms with Crippen LogP contribution in [-0.4, -0.2) is 6.29 Å². The number of carbonyl (C=O) groups excluding carboxylic acids is 1. The second kappa shape index (κ2) is 5.37. The molecule has 0 aliphatic carbocycles. The van der Waals surface area contributed by atoms with Crippen LogP contribution in [0.3, 0.4) is 0 Å². The van der Waals surface area contributed by atoms with Crippen molar-refractivity contribution in [3.8, 4) is 0 Å². The standard InChI is InChI=1S/C13H11ClN2O/c14-12-8-4-5-10(9-17)13(12)16-15-11-6-2-1-3-7-11/h1-9,15-16H. The minimum atomic E-state index is 0.498. The summed E-state index contributed by atoms with van der Waals surface area (Å²) in [5.41, 5.74) is 7.90. The monoisotopic (exact) mass is 246 g/mol. The highest BCUT2D eigenvalue weighted by atomic mass is 35.5. The third kappa shape index (κ3) is 2.77. The molecule has 2 rings (SSSR count). The van der Waals surface area contributed by atoms with Crippen molar-refractivity contribution in [2.24, 2.45) is 0 Å². The van der Waals surface area contributed by atoms with Gasteiger partial charge in [-0.25, -0.2) is 0 Å². The van der Waals surface area contributed by atoms with Crippen LogP contribution in [0.4, 0.5) is 11.4 Å². The normalized spacial score (nSPS) is 9.71. The molecule has 0 unspecified atom stereocenters. The molecule has 0 atom stereocenters. The number of benzene rings is 2. The second-order valence-electron chi connectivity index (χ2n) is 3.44. The number of hydrogen-bond acceptors (Lipinski definition) is 3. The minimum Gasteiger partial charge on any atom is -0.301 e. The summed E-state index contributed by atoms with van der Waals surface area (Å²) in [6, 6.07) is 14.7. The molecule has 17 heavy (non-hydrogen) atoms. The molecule has 0 aliphatic heterocycles. The Hall–Kier alpha value is -2.00. The Bertz CT molecular complexity index is 514. The molecule has 0 saturated heterocycles. The van der Waals surface area contributed by atoms with Crippen molar-refractivity contribution in [3.05, 3.63) is 59.1 Å². The lowest BCUT2D eigenvalue weighted by Gasteiger charge is -2.12. The van der Waals surface area contributed by atoms with E-state index >= 15 is 0 Å². The van der Waals surface area contributed by atoms with Crippen LogP contribution in [0.1, 0.15) is 10.4 Å². The maximum Gasteiger partial charge on any atom is 0.152 e. The van der Waals surface area contributed by atoms with Gasteiger partial charge in [0.1, 0.15) is 0 Å². The predicted octanol–water partition coefficient (Wildman–Crippen LogP) is 3.59. The number of anilines is 2. The molecule has 2 N–H and O–H groups in total. The summed E-state index contributed by atoms with van der Waals surface area (Å²) in [5.74, 6) is 0. The van der Waals surface area contributed by atoms with Gasteiger partial charge in [-0.1, -0.05) is 35.9 Å². The highest BCUT2D eigenvalue weighted by molar-refractivity contribution is 6.33. The van der Waals surface area contributed by atoms with E-state index in [4.69, 9.17) is 11.6 Å². The van der Waals surface area contributed by atoms with Gasteiger partial charge in [-0.05, 0) is 24.3 Å². The van der Waals surface area contributed by atoms with Gasteiger partial charge in [0.25, 0.3) is 0 Å². The van der Waals surface area contributed by atoms with Gasteiger partial charge in [0.15, 0.2) is 6.29 Å². The van der Waals surface area contributed by atoms with Crippen LogP contribution in [0.5, 0.6) is 0 Å². The number of carbonyl (C=O) groups is 1. The zero-order valence-corrected chi connectivity index (χ0v) is 9.74. The van der Waals surface area contributed by atoms with Crippen LogP contribution in [-0.2, 0) is 0 Å². The van der Waals surface area contributed by atoms with Gasteiger partial charge in [-0.2, -0.15) is 0 Å². The molecule has 0 heterocycles. The Kier molecular flexibility index (Phi) is 3.62. The van der Waals surface area contributed by atoms with Crippen molar-refractivity contribution in [1.82, 2.24) is 0 Å². The molecule has 86 valence electrons. The number of aldehydes is 1. The van der Waals surface area contributed by atoms with E-state index in [1.807, 2.05) is 30.3 Å². The fourth-order valence-electron chi connectivity index (χ4n) is 1.43. The molecule has 0 fully saturated rings. The fourth-order valence-corrected chi connectivity index (χ4v) is 1.66. The van der Waals surface area contributed by atoms with E-state index in [9.17, 15) is 4.79 Å². The molecule has 2 aromatic rings. The number of rotatable bonds is 4. The zero-order chi connectivity index (χ0) is 12.1. The molecule has 0 amide bonds. The molecular weight excluding hydrogens is 236 g/mol. The van der Waals surface area contributed by atoms with E-state index in [1.165, 1.54) is 0 Å². The Morgan fingerprint density at radius 2 is 1.71 bits per heavy atom. The number of hydrogen-bond donors (Lipinski definition) is 2. The number of hydrazine groups is 1. The summed E-state index contributed by atoms with van der Waals surface area (Å²) in [6.45, 7) is 0.